The van der Waals surface area contributed by atoms with E-state index in [1.807, 2.05) is 0 Å². The van der Waals surface area contributed by atoms with Crippen molar-refractivity contribution in [2.45, 2.75) is 110 Å². The molecule has 0 saturated heterocycles. The molecule has 0 fully saturated rings. The van der Waals surface area contributed by atoms with Gasteiger partial charge in [-0.25, -0.2) is 0 Å². The molecule has 0 spiro atoms. The Hall–Kier alpha value is -0.700. The molecule has 0 aromatic heterocycles. The second kappa shape index (κ2) is 17.7. The van der Waals surface area contributed by atoms with E-state index in [1.54, 1.807) is 10.6 Å². The average molecular weight is 500 g/mol. The van der Waals surface area contributed by atoms with E-state index < -0.39 is 7.26 Å². The van der Waals surface area contributed by atoms with Gasteiger partial charge in [-0.15, -0.1) is 0 Å². The van der Waals surface area contributed by atoms with Crippen molar-refractivity contribution in [3.63, 3.8) is 0 Å². The normalized spacial score (nSPS) is 12.9. The SMILES string of the molecule is CCCCCCCCCCCCCC(P(c1ccccc1)c1ccccc1)[P+](CC)(CC)CC. The van der Waals surface area contributed by atoms with Gasteiger partial charge >= 0.3 is 0 Å². The van der Waals surface area contributed by atoms with Crippen LogP contribution >= 0.6 is 15.2 Å². The van der Waals surface area contributed by atoms with Crippen molar-refractivity contribution in [2.75, 3.05) is 18.5 Å². The summed E-state index contributed by atoms with van der Waals surface area (Å²) in [5.41, 5.74) is 0. The molecule has 0 N–H and O–H groups in total. The zero-order valence-electron chi connectivity index (χ0n) is 22.9. The van der Waals surface area contributed by atoms with E-state index in [9.17, 15) is 0 Å². The van der Waals surface area contributed by atoms with Crippen LogP contribution in [0.25, 0.3) is 0 Å². The summed E-state index contributed by atoms with van der Waals surface area (Å²) in [6, 6.07) is 23.1. The Morgan fingerprint density at radius 3 is 1.29 bits per heavy atom. The third kappa shape index (κ3) is 9.40. The zero-order chi connectivity index (χ0) is 24.5. The second-order valence-electron chi connectivity index (χ2n) is 10.0. The summed E-state index contributed by atoms with van der Waals surface area (Å²) in [4.78, 5) is 0. The second-order valence-corrected chi connectivity index (χ2v) is 17.8. The molecule has 0 radical (unpaired) electrons. The maximum atomic E-state index is 2.50. The molecule has 34 heavy (non-hydrogen) atoms. The predicted octanol–water partition coefficient (Wildman–Crippen LogP) is 10.2. The van der Waals surface area contributed by atoms with Gasteiger partial charge in [0.1, 0.15) is 0 Å². The van der Waals surface area contributed by atoms with Crippen molar-refractivity contribution in [2.24, 2.45) is 0 Å². The first-order chi connectivity index (χ1) is 16.7. The predicted molar refractivity (Wildman–Crippen MR) is 162 cm³/mol. The van der Waals surface area contributed by atoms with Gasteiger partial charge in [-0.2, -0.15) is 0 Å². The van der Waals surface area contributed by atoms with E-state index >= 15 is 0 Å². The average Bonchev–Trinajstić information content (AvgIpc) is 2.89. The third-order valence-electron chi connectivity index (χ3n) is 7.95. The van der Waals surface area contributed by atoms with Crippen LogP contribution < -0.4 is 10.6 Å². The monoisotopic (exact) mass is 499 g/mol. The summed E-state index contributed by atoms with van der Waals surface area (Å²) in [7, 11) is -1.30. The molecule has 2 aromatic rings. The van der Waals surface area contributed by atoms with Crippen molar-refractivity contribution in [1.29, 1.82) is 0 Å². The van der Waals surface area contributed by atoms with Crippen LogP contribution in [0, 0.1) is 0 Å². The maximum Gasteiger partial charge on any atom is 0.0960 e. The fourth-order valence-corrected chi connectivity index (χ4v) is 15.6. The minimum Gasteiger partial charge on any atom is -0.0654 e. The maximum absolute atomic E-state index is 2.50. The van der Waals surface area contributed by atoms with E-state index in [0.29, 0.717) is 0 Å². The lowest BCUT2D eigenvalue weighted by molar-refractivity contribution is 0.547. The molecule has 2 heteroatoms. The zero-order valence-corrected chi connectivity index (χ0v) is 24.6. The first kappa shape index (κ1) is 29.5. The Morgan fingerprint density at radius 2 is 0.912 bits per heavy atom. The first-order valence-electron chi connectivity index (χ1n) is 14.5. The van der Waals surface area contributed by atoms with Crippen LogP contribution in [0.5, 0.6) is 0 Å². The molecule has 0 heterocycles. The summed E-state index contributed by atoms with van der Waals surface area (Å²) >= 11 is 0. The van der Waals surface area contributed by atoms with Gasteiger partial charge in [-0.05, 0) is 52.1 Å². The van der Waals surface area contributed by atoms with Crippen molar-refractivity contribution in [3.8, 4) is 0 Å². The molecule has 0 nitrogen and oxygen atoms in total. The van der Waals surface area contributed by atoms with E-state index in [-0.39, 0.29) is 7.92 Å². The van der Waals surface area contributed by atoms with Crippen LogP contribution in [-0.2, 0) is 0 Å². The van der Waals surface area contributed by atoms with Crippen LogP contribution in [0.1, 0.15) is 105 Å². The van der Waals surface area contributed by atoms with Crippen molar-refractivity contribution < 1.29 is 0 Å². The van der Waals surface area contributed by atoms with Crippen molar-refractivity contribution in [1.82, 2.24) is 0 Å². The fourth-order valence-electron chi connectivity index (χ4n) is 5.61. The van der Waals surface area contributed by atoms with Gasteiger partial charge in [0.05, 0.1) is 23.9 Å². The molecule has 0 aliphatic heterocycles. The largest absolute Gasteiger partial charge is 0.0960 e. The standard InChI is InChI=1S/C32H53P2/c1-5-9-10-11-12-13-14-15-16-17-24-29-32(34(6-2,7-3)8-4)33(30-25-20-18-21-26-30)31-27-22-19-23-28-31/h18-23,25-28,32H,5-17,24,29H2,1-4H3/q+1. The molecule has 0 saturated carbocycles. The van der Waals surface area contributed by atoms with Crippen molar-refractivity contribution in [3.05, 3.63) is 60.7 Å². The number of unbranched alkanes of at least 4 members (excludes halogenated alkanes) is 10. The highest BCUT2D eigenvalue weighted by atomic mass is 31.2. The van der Waals surface area contributed by atoms with E-state index in [1.165, 1.54) is 95.5 Å². The molecule has 1 atom stereocenters. The molecule has 2 rings (SSSR count). The quantitative estimate of drug-likeness (QED) is 0.133. The first-order valence-corrected chi connectivity index (χ1v) is 18.3. The van der Waals surface area contributed by atoms with Gasteiger partial charge in [0.2, 0.25) is 0 Å². The highest BCUT2D eigenvalue weighted by Crippen LogP contribution is 2.72. The van der Waals surface area contributed by atoms with E-state index in [2.05, 4.69) is 88.4 Å². The van der Waals surface area contributed by atoms with Gasteiger partial charge in [0, 0.05) is 7.26 Å². The van der Waals surface area contributed by atoms with Crippen LogP contribution in [0.3, 0.4) is 0 Å². The fraction of sp³-hybridized carbons (Fsp3) is 0.625. The molecule has 0 aliphatic rings. The van der Waals surface area contributed by atoms with Gasteiger partial charge in [0.25, 0.3) is 0 Å². The molecule has 1 unspecified atom stereocenters. The minimum absolute atomic E-state index is 0.308. The Kier molecular flexibility index (Phi) is 15.4. The van der Waals surface area contributed by atoms with Gasteiger partial charge in [0.15, 0.2) is 0 Å². The Morgan fingerprint density at radius 1 is 0.529 bits per heavy atom. The summed E-state index contributed by atoms with van der Waals surface area (Å²) in [5, 5.41) is 4.05. The Bertz CT molecular complexity index is 675. The van der Waals surface area contributed by atoms with Gasteiger partial charge < -0.3 is 0 Å². The lowest BCUT2D eigenvalue weighted by Gasteiger charge is -2.38. The van der Waals surface area contributed by atoms with Crippen LogP contribution in [0.4, 0.5) is 0 Å². The van der Waals surface area contributed by atoms with Crippen LogP contribution in [0.2, 0.25) is 0 Å². The number of hydrogen-bond donors (Lipinski definition) is 0. The number of benzene rings is 2. The molecular formula is C32H53P2+. The lowest BCUT2D eigenvalue weighted by atomic mass is 10.1. The molecule has 0 amide bonds. The van der Waals surface area contributed by atoms with E-state index in [4.69, 9.17) is 0 Å². The number of rotatable bonds is 19. The molecule has 0 aliphatic carbocycles. The summed E-state index contributed by atoms with van der Waals surface area (Å²) in [5.74, 6) is 0. The summed E-state index contributed by atoms with van der Waals surface area (Å²) < 4.78 is 0. The highest BCUT2D eigenvalue weighted by molar-refractivity contribution is 7.91. The van der Waals surface area contributed by atoms with Gasteiger partial charge in [-0.1, -0.05) is 132 Å². The Balaban J connectivity index is 2.04. The third-order valence-corrected chi connectivity index (χ3v) is 18.0. The molecular weight excluding hydrogens is 446 g/mol. The van der Waals surface area contributed by atoms with Crippen LogP contribution in [-0.4, -0.2) is 23.9 Å². The Labute approximate surface area is 214 Å². The lowest BCUT2D eigenvalue weighted by Crippen LogP contribution is -2.27. The smallest absolute Gasteiger partial charge is 0.0654 e. The summed E-state index contributed by atoms with van der Waals surface area (Å²) in [6.07, 6.45) is 21.4. The van der Waals surface area contributed by atoms with E-state index in [0.717, 1.165) is 5.40 Å². The number of hydrogen-bond acceptors (Lipinski definition) is 0. The van der Waals surface area contributed by atoms with Crippen molar-refractivity contribution >= 4 is 25.8 Å². The summed E-state index contributed by atoms with van der Waals surface area (Å²) in [6.45, 7) is 9.80. The minimum atomic E-state index is -0.987. The topological polar surface area (TPSA) is 0 Å². The molecule has 0 bridgehead atoms. The molecule has 190 valence electrons. The highest BCUT2D eigenvalue weighted by Gasteiger charge is 2.45. The van der Waals surface area contributed by atoms with Gasteiger partial charge in [-0.3, -0.25) is 0 Å². The van der Waals surface area contributed by atoms with Crippen LogP contribution in [0.15, 0.2) is 60.7 Å². The molecule has 2 aromatic carbocycles.